The molecule has 0 spiro atoms. The lowest BCUT2D eigenvalue weighted by atomic mass is 9.49. The highest BCUT2D eigenvalue weighted by molar-refractivity contribution is 6.59. The molecule has 6 nitrogen and oxygen atoms in total. The highest BCUT2D eigenvalue weighted by Gasteiger charge is 2.41. The molecule has 1 rings (SSSR count). The van der Waals surface area contributed by atoms with Gasteiger partial charge in [0.25, 0.3) is 5.91 Å². The van der Waals surface area contributed by atoms with E-state index < -0.39 is 29.6 Å². The average molecular weight is 390 g/mol. The number of amides is 2. The van der Waals surface area contributed by atoms with Crippen molar-refractivity contribution in [1.29, 1.82) is 0 Å². The zero-order chi connectivity index (χ0) is 20.3. The fourth-order valence-corrected chi connectivity index (χ4v) is 2.57. The Balaban J connectivity index is 2.96. The minimum absolute atomic E-state index is 0.0144. The molecule has 0 aromatic heterocycles. The molecule has 0 aliphatic carbocycles. The van der Waals surface area contributed by atoms with Crippen LogP contribution in [-0.4, -0.2) is 63.2 Å². The number of carbonyl (C=O) groups excluding carboxylic acids is 2. The van der Waals surface area contributed by atoms with Crippen molar-refractivity contribution in [2.75, 3.05) is 0 Å². The molecular formula is C14H16B4Cl2N2O4. The first-order valence-electron chi connectivity index (χ1n) is 7.61. The molecule has 0 bridgehead atoms. The van der Waals surface area contributed by atoms with Crippen LogP contribution in [0.5, 0.6) is 0 Å². The van der Waals surface area contributed by atoms with Crippen molar-refractivity contribution in [2.24, 2.45) is 5.92 Å². The molecule has 26 heavy (non-hydrogen) atoms. The van der Waals surface area contributed by atoms with Crippen LogP contribution >= 0.6 is 23.2 Å². The predicted octanol–water partition coefficient (Wildman–Crippen LogP) is -0.247. The lowest BCUT2D eigenvalue weighted by Gasteiger charge is -2.36. The largest absolute Gasteiger partial charge is 0.468 e. The Labute approximate surface area is 166 Å². The topological polar surface area (TPSA) is 98.7 Å². The van der Waals surface area contributed by atoms with Gasteiger partial charge in [0.05, 0.1) is 18.4 Å². The summed E-state index contributed by atoms with van der Waals surface area (Å²) >= 11 is 11.7. The number of hydrogen-bond acceptors (Lipinski definition) is 4. The minimum Gasteiger partial charge on any atom is -0.426 e. The molecule has 0 aliphatic rings. The van der Waals surface area contributed by atoms with E-state index in [2.05, 4.69) is 10.6 Å². The Morgan fingerprint density at radius 2 is 1.77 bits per heavy atom. The zero-order valence-electron chi connectivity index (χ0n) is 14.3. The monoisotopic (exact) mass is 390 g/mol. The second-order valence-corrected chi connectivity index (χ2v) is 7.26. The summed E-state index contributed by atoms with van der Waals surface area (Å²) in [6.07, 6.45) is 0.0144. The molecular weight excluding hydrogens is 374 g/mol. The minimum atomic E-state index is -2.40. The second kappa shape index (κ2) is 8.74. The van der Waals surface area contributed by atoms with E-state index in [9.17, 15) is 19.6 Å². The van der Waals surface area contributed by atoms with Crippen LogP contribution in [0.25, 0.3) is 0 Å². The van der Waals surface area contributed by atoms with Gasteiger partial charge in [0.15, 0.2) is 0 Å². The maximum Gasteiger partial charge on any atom is 0.468 e. The van der Waals surface area contributed by atoms with E-state index in [-0.39, 0.29) is 27.9 Å². The summed E-state index contributed by atoms with van der Waals surface area (Å²) in [5.41, 5.74) is -0.0457. The molecule has 6 radical (unpaired) electrons. The van der Waals surface area contributed by atoms with E-state index in [1.165, 1.54) is 18.2 Å². The van der Waals surface area contributed by atoms with Crippen molar-refractivity contribution in [3.8, 4) is 0 Å². The maximum atomic E-state index is 12.3. The summed E-state index contributed by atoms with van der Waals surface area (Å²) in [6, 6.07) is 4.14. The third-order valence-electron chi connectivity index (χ3n) is 3.42. The van der Waals surface area contributed by atoms with Crippen LogP contribution in [0.2, 0.25) is 10.0 Å². The Kier molecular flexibility index (Phi) is 7.72. The smallest absolute Gasteiger partial charge is 0.426 e. The fourth-order valence-electron chi connectivity index (χ4n) is 2.19. The van der Waals surface area contributed by atoms with Gasteiger partial charge in [-0.05, 0) is 30.5 Å². The van der Waals surface area contributed by atoms with Crippen molar-refractivity contribution in [3.05, 3.63) is 33.8 Å². The van der Waals surface area contributed by atoms with Gasteiger partial charge in [0.1, 0.15) is 15.7 Å². The number of rotatable bonds is 7. The number of benzene rings is 1. The van der Waals surface area contributed by atoms with Gasteiger partial charge in [-0.2, -0.15) is 0 Å². The number of carbonyl (C=O) groups is 2. The maximum absolute atomic E-state index is 12.3. The van der Waals surface area contributed by atoms with Gasteiger partial charge in [-0.15, -0.1) is 0 Å². The first kappa shape index (κ1) is 23.0. The summed E-state index contributed by atoms with van der Waals surface area (Å²) in [4.78, 5) is 24.6. The van der Waals surface area contributed by atoms with E-state index in [1.807, 2.05) is 0 Å². The lowest BCUT2D eigenvalue weighted by Crippen LogP contribution is -2.68. The van der Waals surface area contributed by atoms with Gasteiger partial charge in [-0.3, -0.25) is 9.59 Å². The summed E-state index contributed by atoms with van der Waals surface area (Å²) in [7, 11) is 15.1. The SMILES string of the molecule is [B]C(CC(C)C)(NC(=O)C([B])([B])NC(=O)c1cc(Cl)ccc1Cl)B(O)O. The van der Waals surface area contributed by atoms with Gasteiger partial charge < -0.3 is 20.7 Å². The van der Waals surface area contributed by atoms with Crippen molar-refractivity contribution < 1.29 is 19.6 Å². The van der Waals surface area contributed by atoms with E-state index in [0.717, 1.165) is 0 Å². The molecule has 132 valence electrons. The third-order valence-corrected chi connectivity index (χ3v) is 3.99. The van der Waals surface area contributed by atoms with Crippen LogP contribution < -0.4 is 10.6 Å². The summed E-state index contributed by atoms with van der Waals surface area (Å²) in [5.74, 6) is -2.07. The van der Waals surface area contributed by atoms with Crippen molar-refractivity contribution in [2.45, 2.75) is 30.9 Å². The normalized spacial score (nSPS) is 13.8. The third kappa shape index (κ3) is 5.98. The summed E-state index contributed by atoms with van der Waals surface area (Å²) in [6.45, 7) is 3.52. The molecule has 1 aromatic rings. The van der Waals surface area contributed by atoms with Gasteiger partial charge >= 0.3 is 7.12 Å². The number of nitrogens with one attached hydrogen (secondary N) is 2. The van der Waals surface area contributed by atoms with Crippen LogP contribution in [0.4, 0.5) is 0 Å². The van der Waals surface area contributed by atoms with E-state index in [4.69, 9.17) is 46.7 Å². The predicted molar refractivity (Wildman–Crippen MR) is 104 cm³/mol. The van der Waals surface area contributed by atoms with E-state index in [0.29, 0.717) is 0 Å². The number of hydrogen-bond donors (Lipinski definition) is 4. The van der Waals surface area contributed by atoms with Gasteiger partial charge in [-0.25, -0.2) is 0 Å². The molecule has 0 saturated carbocycles. The van der Waals surface area contributed by atoms with Crippen LogP contribution in [0, 0.1) is 5.92 Å². The lowest BCUT2D eigenvalue weighted by molar-refractivity contribution is -0.123. The zero-order valence-corrected chi connectivity index (χ0v) is 15.8. The molecule has 4 N–H and O–H groups in total. The quantitative estimate of drug-likeness (QED) is 0.483. The molecule has 2 amide bonds. The fraction of sp³-hybridized carbons (Fsp3) is 0.429. The van der Waals surface area contributed by atoms with Crippen LogP contribution in [0.15, 0.2) is 18.2 Å². The Morgan fingerprint density at radius 1 is 1.19 bits per heavy atom. The first-order chi connectivity index (χ1) is 11.8. The van der Waals surface area contributed by atoms with Gasteiger partial charge in [0, 0.05) is 15.7 Å². The van der Waals surface area contributed by atoms with Crippen LogP contribution in [-0.2, 0) is 4.79 Å². The highest BCUT2D eigenvalue weighted by atomic mass is 35.5. The van der Waals surface area contributed by atoms with E-state index >= 15 is 0 Å². The van der Waals surface area contributed by atoms with Crippen LogP contribution in [0.3, 0.4) is 0 Å². The first-order valence-corrected chi connectivity index (χ1v) is 8.37. The molecule has 0 heterocycles. The van der Waals surface area contributed by atoms with Crippen molar-refractivity contribution in [1.82, 2.24) is 10.6 Å². The Bertz CT molecular complexity index is 691. The number of halogens is 2. The van der Waals surface area contributed by atoms with E-state index in [1.54, 1.807) is 13.8 Å². The molecule has 0 aliphatic heterocycles. The highest BCUT2D eigenvalue weighted by Crippen LogP contribution is 2.21. The van der Waals surface area contributed by atoms with Crippen molar-refractivity contribution >= 4 is 65.7 Å². The van der Waals surface area contributed by atoms with Gasteiger partial charge in [0.2, 0.25) is 5.91 Å². The standard InChI is InChI=1S/C14H16B4Cl2N2O4/c1-7(2)6-13(15,18(25)26)22-12(24)14(16,17)21-11(23)9-5-8(19)3-4-10(9)20/h3-5,7,25-26H,6H2,1-2H3,(H,21,23)(H,22,24). The molecule has 12 heteroatoms. The average Bonchev–Trinajstić information content (AvgIpc) is 2.48. The van der Waals surface area contributed by atoms with Gasteiger partial charge in [-0.1, -0.05) is 37.0 Å². The molecule has 1 unspecified atom stereocenters. The Morgan fingerprint density at radius 3 is 2.27 bits per heavy atom. The summed E-state index contributed by atoms with van der Waals surface area (Å²) in [5, 5.41) is 19.2. The molecule has 1 atom stereocenters. The summed E-state index contributed by atoms with van der Waals surface area (Å²) < 4.78 is 0. The van der Waals surface area contributed by atoms with Crippen molar-refractivity contribution in [3.63, 3.8) is 0 Å². The molecule has 0 fully saturated rings. The van der Waals surface area contributed by atoms with Crippen LogP contribution in [0.1, 0.15) is 30.6 Å². The molecule has 1 aromatic carbocycles. The second-order valence-electron chi connectivity index (χ2n) is 6.41. The Hall–Kier alpha value is -1.08. The molecule has 0 saturated heterocycles.